The van der Waals surface area contributed by atoms with E-state index in [0.717, 1.165) is 6.42 Å². The maximum absolute atomic E-state index is 12.5. The molecule has 0 aliphatic heterocycles. The molecule has 0 aromatic heterocycles. The predicted molar refractivity (Wildman–Crippen MR) is 97.5 cm³/mol. The van der Waals surface area contributed by atoms with Crippen molar-refractivity contribution in [3.05, 3.63) is 54.6 Å². The van der Waals surface area contributed by atoms with Crippen LogP contribution in [0.4, 0.5) is 10.5 Å². The molecule has 0 aliphatic carbocycles. The Labute approximate surface area is 147 Å². The van der Waals surface area contributed by atoms with Crippen LogP contribution in [0.3, 0.4) is 0 Å². The van der Waals surface area contributed by atoms with E-state index in [2.05, 4.69) is 10.6 Å². The fourth-order valence-corrected chi connectivity index (χ4v) is 2.34. The fraction of sp³-hybridized carbons (Fsp3) is 0.263. The monoisotopic (exact) mass is 341 g/mol. The number of nitrogens with one attached hydrogen (secondary N) is 2. The molecule has 6 nitrogen and oxygen atoms in total. The second-order valence-corrected chi connectivity index (χ2v) is 5.80. The van der Waals surface area contributed by atoms with Crippen LogP contribution in [0.15, 0.2) is 54.6 Å². The van der Waals surface area contributed by atoms with Crippen LogP contribution in [0.2, 0.25) is 0 Å². The molecule has 3 amide bonds. The van der Waals surface area contributed by atoms with E-state index in [1.165, 1.54) is 0 Å². The molecule has 0 aliphatic rings. The molecule has 4 N–H and O–H groups in total. The molecule has 132 valence electrons. The molecule has 0 saturated carbocycles. The number of ether oxygens (including phenoxy) is 1. The molecule has 2 aromatic rings. The molecule has 6 heteroatoms. The van der Waals surface area contributed by atoms with E-state index in [-0.39, 0.29) is 11.8 Å². The van der Waals surface area contributed by atoms with Crippen LogP contribution in [0, 0.1) is 5.92 Å². The number of para-hydroxylation sites is 1. The van der Waals surface area contributed by atoms with Crippen molar-refractivity contribution in [3.8, 4) is 11.5 Å². The van der Waals surface area contributed by atoms with E-state index < -0.39 is 12.1 Å². The number of amides is 3. The lowest BCUT2D eigenvalue weighted by atomic mass is 9.98. The highest BCUT2D eigenvalue weighted by Gasteiger charge is 2.25. The highest BCUT2D eigenvalue weighted by Crippen LogP contribution is 2.24. The van der Waals surface area contributed by atoms with Crippen molar-refractivity contribution < 1.29 is 14.3 Å². The minimum absolute atomic E-state index is 0.0451. The average Bonchev–Trinajstić information content (AvgIpc) is 2.60. The van der Waals surface area contributed by atoms with E-state index in [0.29, 0.717) is 17.2 Å². The number of nitrogens with two attached hydrogens (primary N) is 1. The summed E-state index contributed by atoms with van der Waals surface area (Å²) in [6.07, 6.45) is 0.732. The second kappa shape index (κ2) is 8.73. The predicted octanol–water partition coefficient (Wildman–Crippen LogP) is 3.50. The Morgan fingerprint density at radius 2 is 1.76 bits per heavy atom. The van der Waals surface area contributed by atoms with Gasteiger partial charge in [-0.3, -0.25) is 4.79 Å². The lowest BCUT2D eigenvalue weighted by Crippen LogP contribution is -2.49. The van der Waals surface area contributed by atoms with Gasteiger partial charge in [0, 0.05) is 11.8 Å². The first-order chi connectivity index (χ1) is 12.0. The van der Waals surface area contributed by atoms with Gasteiger partial charge in [0.05, 0.1) is 0 Å². The van der Waals surface area contributed by atoms with Gasteiger partial charge in [0.2, 0.25) is 5.91 Å². The number of benzene rings is 2. The molecular formula is C19H23N3O3. The molecule has 0 spiro atoms. The molecular weight excluding hydrogens is 318 g/mol. The van der Waals surface area contributed by atoms with Gasteiger partial charge in [-0.05, 0) is 30.2 Å². The van der Waals surface area contributed by atoms with Crippen molar-refractivity contribution in [2.75, 3.05) is 5.32 Å². The highest BCUT2D eigenvalue weighted by molar-refractivity contribution is 5.97. The summed E-state index contributed by atoms with van der Waals surface area (Å²) < 4.78 is 5.75. The van der Waals surface area contributed by atoms with Crippen LogP contribution in [0.1, 0.15) is 20.3 Å². The average molecular weight is 341 g/mol. The summed E-state index contributed by atoms with van der Waals surface area (Å²) in [6.45, 7) is 3.83. The number of anilines is 1. The molecule has 0 saturated heterocycles. The van der Waals surface area contributed by atoms with Crippen molar-refractivity contribution in [1.82, 2.24) is 5.32 Å². The minimum Gasteiger partial charge on any atom is -0.457 e. The van der Waals surface area contributed by atoms with Crippen molar-refractivity contribution in [1.29, 1.82) is 0 Å². The first-order valence-electron chi connectivity index (χ1n) is 8.19. The summed E-state index contributed by atoms with van der Waals surface area (Å²) in [5, 5.41) is 5.30. The zero-order valence-corrected chi connectivity index (χ0v) is 14.4. The second-order valence-electron chi connectivity index (χ2n) is 5.80. The zero-order chi connectivity index (χ0) is 18.2. The summed E-state index contributed by atoms with van der Waals surface area (Å²) in [5.74, 6) is 0.951. The van der Waals surface area contributed by atoms with Gasteiger partial charge in [-0.2, -0.15) is 0 Å². The SMILES string of the molecule is CC[C@@H](C)[C@H](NC(N)=O)C(=O)Nc1cccc(Oc2ccccc2)c1. The smallest absolute Gasteiger partial charge is 0.312 e. The van der Waals surface area contributed by atoms with Crippen molar-refractivity contribution in [2.24, 2.45) is 11.7 Å². The number of hydrogen-bond donors (Lipinski definition) is 3. The molecule has 0 radical (unpaired) electrons. The van der Waals surface area contributed by atoms with E-state index in [4.69, 9.17) is 10.5 Å². The van der Waals surface area contributed by atoms with Gasteiger partial charge in [-0.1, -0.05) is 44.5 Å². The fourth-order valence-electron chi connectivity index (χ4n) is 2.34. The van der Waals surface area contributed by atoms with E-state index >= 15 is 0 Å². The Balaban J connectivity index is 2.09. The van der Waals surface area contributed by atoms with Crippen molar-refractivity contribution >= 4 is 17.6 Å². The van der Waals surface area contributed by atoms with Crippen molar-refractivity contribution in [3.63, 3.8) is 0 Å². The zero-order valence-electron chi connectivity index (χ0n) is 14.4. The standard InChI is InChI=1S/C19H23N3O3/c1-3-13(2)17(22-19(20)24)18(23)21-14-8-7-11-16(12-14)25-15-9-5-4-6-10-15/h4-13,17H,3H2,1-2H3,(H,21,23)(H3,20,22,24)/t13-,17+/m1/s1. The number of primary amides is 1. The Hall–Kier alpha value is -3.02. The number of rotatable bonds is 7. The van der Waals surface area contributed by atoms with Gasteiger partial charge in [-0.15, -0.1) is 0 Å². The number of carbonyl (C=O) groups excluding carboxylic acids is 2. The van der Waals surface area contributed by atoms with Gasteiger partial charge < -0.3 is 21.1 Å². The van der Waals surface area contributed by atoms with E-state index in [1.807, 2.05) is 44.2 Å². The molecule has 25 heavy (non-hydrogen) atoms. The quantitative estimate of drug-likeness (QED) is 0.719. The van der Waals surface area contributed by atoms with Gasteiger partial charge in [0.1, 0.15) is 17.5 Å². The Morgan fingerprint density at radius 1 is 1.08 bits per heavy atom. The number of carbonyl (C=O) groups is 2. The Bertz CT molecular complexity index is 719. The van der Waals surface area contributed by atoms with E-state index in [1.54, 1.807) is 24.3 Å². The van der Waals surface area contributed by atoms with Gasteiger partial charge >= 0.3 is 6.03 Å². The lowest BCUT2D eigenvalue weighted by Gasteiger charge is -2.22. The van der Waals surface area contributed by atoms with Gasteiger partial charge in [0.15, 0.2) is 0 Å². The van der Waals surface area contributed by atoms with Crippen molar-refractivity contribution in [2.45, 2.75) is 26.3 Å². The van der Waals surface area contributed by atoms with Crippen LogP contribution < -0.4 is 21.1 Å². The van der Waals surface area contributed by atoms with Gasteiger partial charge in [0.25, 0.3) is 0 Å². The third-order valence-electron chi connectivity index (χ3n) is 3.87. The van der Waals surface area contributed by atoms with E-state index in [9.17, 15) is 9.59 Å². The minimum atomic E-state index is -0.721. The summed E-state index contributed by atoms with van der Waals surface area (Å²) >= 11 is 0. The Kier molecular flexibility index (Phi) is 6.39. The summed E-state index contributed by atoms with van der Waals surface area (Å²) in [4.78, 5) is 23.7. The highest BCUT2D eigenvalue weighted by atomic mass is 16.5. The molecule has 2 aromatic carbocycles. The third kappa shape index (κ3) is 5.53. The maximum atomic E-state index is 12.5. The third-order valence-corrected chi connectivity index (χ3v) is 3.87. The van der Waals surface area contributed by atoms with Crippen LogP contribution in [-0.4, -0.2) is 18.0 Å². The first kappa shape index (κ1) is 18.3. The van der Waals surface area contributed by atoms with Crippen LogP contribution in [0.25, 0.3) is 0 Å². The topological polar surface area (TPSA) is 93.5 Å². The lowest BCUT2D eigenvalue weighted by molar-refractivity contribution is -0.119. The molecule has 0 bridgehead atoms. The van der Waals surface area contributed by atoms with Crippen LogP contribution in [0.5, 0.6) is 11.5 Å². The molecule has 2 atom stereocenters. The number of urea groups is 1. The van der Waals surface area contributed by atoms with Crippen LogP contribution >= 0.6 is 0 Å². The first-order valence-corrected chi connectivity index (χ1v) is 8.19. The summed E-state index contributed by atoms with van der Waals surface area (Å²) in [6, 6.07) is 15.0. The maximum Gasteiger partial charge on any atom is 0.312 e. The number of hydrogen-bond acceptors (Lipinski definition) is 3. The molecule has 2 rings (SSSR count). The molecule has 0 fully saturated rings. The Morgan fingerprint density at radius 3 is 2.40 bits per heavy atom. The summed E-state index contributed by atoms with van der Waals surface area (Å²) in [7, 11) is 0. The molecule has 0 heterocycles. The van der Waals surface area contributed by atoms with Crippen LogP contribution in [-0.2, 0) is 4.79 Å². The van der Waals surface area contributed by atoms with Gasteiger partial charge in [-0.25, -0.2) is 4.79 Å². The summed E-state index contributed by atoms with van der Waals surface area (Å²) in [5.41, 5.74) is 5.76. The largest absolute Gasteiger partial charge is 0.457 e. The molecule has 0 unspecified atom stereocenters. The normalized spacial score (nSPS) is 12.7.